The van der Waals surface area contributed by atoms with Gasteiger partial charge in [-0.2, -0.15) is 0 Å². The molecule has 1 nitrogen and oxygen atoms in total. The Kier molecular flexibility index (Phi) is 5.39. The lowest BCUT2D eigenvalue weighted by atomic mass is 9.98. The number of hydrogen-bond acceptors (Lipinski definition) is 1. The Morgan fingerprint density at radius 1 is 1.00 bits per heavy atom. The van der Waals surface area contributed by atoms with Crippen molar-refractivity contribution in [3.63, 3.8) is 0 Å². The number of rotatable bonds is 6. The van der Waals surface area contributed by atoms with Crippen LogP contribution in [-0.4, -0.2) is 6.54 Å². The molecule has 0 aromatic heterocycles. The molecular formula is C17H18F3N. The third-order valence-corrected chi connectivity index (χ3v) is 3.35. The van der Waals surface area contributed by atoms with Gasteiger partial charge in [-0.3, -0.25) is 0 Å². The summed E-state index contributed by atoms with van der Waals surface area (Å²) >= 11 is 0. The molecule has 2 aromatic rings. The van der Waals surface area contributed by atoms with Gasteiger partial charge in [0.1, 0.15) is 5.82 Å². The highest BCUT2D eigenvalue weighted by molar-refractivity contribution is 5.26. The minimum absolute atomic E-state index is 0.299. The Balaban J connectivity index is 2.25. The summed E-state index contributed by atoms with van der Waals surface area (Å²) in [7, 11) is 0. The van der Waals surface area contributed by atoms with Crippen molar-refractivity contribution in [2.45, 2.75) is 25.8 Å². The quantitative estimate of drug-likeness (QED) is 0.833. The second-order valence-electron chi connectivity index (χ2n) is 4.98. The smallest absolute Gasteiger partial charge is 0.163 e. The molecule has 112 valence electrons. The van der Waals surface area contributed by atoms with E-state index in [1.807, 2.05) is 6.92 Å². The standard InChI is InChI=1S/C17H18F3N/c1-2-10-21-16(11-12-6-8-13(18)9-7-12)14-4-3-5-15(19)17(14)20/h3-9,16,21H,2,10-11H2,1H3. The average molecular weight is 293 g/mol. The molecule has 0 aliphatic heterocycles. The first-order valence-corrected chi connectivity index (χ1v) is 7.03. The zero-order chi connectivity index (χ0) is 15.2. The molecule has 0 spiro atoms. The van der Waals surface area contributed by atoms with Crippen molar-refractivity contribution in [3.8, 4) is 0 Å². The van der Waals surface area contributed by atoms with E-state index >= 15 is 0 Å². The Hall–Kier alpha value is -1.81. The van der Waals surface area contributed by atoms with Gasteiger partial charge >= 0.3 is 0 Å². The van der Waals surface area contributed by atoms with Crippen LogP contribution in [0.1, 0.15) is 30.5 Å². The summed E-state index contributed by atoms with van der Waals surface area (Å²) in [6, 6.07) is 9.90. The van der Waals surface area contributed by atoms with E-state index in [0.717, 1.165) is 18.1 Å². The van der Waals surface area contributed by atoms with Crippen molar-refractivity contribution in [2.24, 2.45) is 0 Å². The molecule has 0 heterocycles. The summed E-state index contributed by atoms with van der Waals surface area (Å²) in [5.41, 5.74) is 1.17. The second kappa shape index (κ2) is 7.27. The van der Waals surface area contributed by atoms with E-state index in [9.17, 15) is 13.2 Å². The number of halogens is 3. The Labute approximate surface area is 122 Å². The van der Waals surface area contributed by atoms with Crippen molar-refractivity contribution >= 4 is 0 Å². The van der Waals surface area contributed by atoms with Crippen LogP contribution in [0.15, 0.2) is 42.5 Å². The van der Waals surface area contributed by atoms with Gasteiger partial charge in [-0.15, -0.1) is 0 Å². The molecule has 2 aromatic carbocycles. The van der Waals surface area contributed by atoms with Crippen LogP contribution in [0.5, 0.6) is 0 Å². The highest BCUT2D eigenvalue weighted by Gasteiger charge is 2.18. The number of nitrogens with one attached hydrogen (secondary N) is 1. The minimum atomic E-state index is -0.852. The van der Waals surface area contributed by atoms with E-state index in [1.165, 1.54) is 18.2 Å². The summed E-state index contributed by atoms with van der Waals surface area (Å²) in [5.74, 6) is -1.99. The highest BCUT2D eigenvalue weighted by atomic mass is 19.2. The van der Waals surface area contributed by atoms with Crippen LogP contribution >= 0.6 is 0 Å². The molecule has 0 fully saturated rings. The van der Waals surface area contributed by atoms with Crippen molar-refractivity contribution in [3.05, 3.63) is 71.0 Å². The van der Waals surface area contributed by atoms with Gasteiger partial charge in [-0.1, -0.05) is 31.2 Å². The molecule has 4 heteroatoms. The molecular weight excluding hydrogens is 275 g/mol. The summed E-state index contributed by atoms with van der Waals surface area (Å²) < 4.78 is 40.3. The Morgan fingerprint density at radius 3 is 2.38 bits per heavy atom. The van der Waals surface area contributed by atoms with E-state index in [2.05, 4.69) is 5.32 Å². The van der Waals surface area contributed by atoms with E-state index in [1.54, 1.807) is 18.2 Å². The predicted octanol–water partition coefficient (Wildman–Crippen LogP) is 4.39. The molecule has 0 bridgehead atoms. The van der Waals surface area contributed by atoms with Crippen LogP contribution < -0.4 is 5.32 Å². The molecule has 21 heavy (non-hydrogen) atoms. The Bertz CT molecular complexity index is 581. The second-order valence-corrected chi connectivity index (χ2v) is 4.98. The molecule has 2 rings (SSSR count). The van der Waals surface area contributed by atoms with E-state index in [4.69, 9.17) is 0 Å². The van der Waals surface area contributed by atoms with Gasteiger partial charge < -0.3 is 5.32 Å². The minimum Gasteiger partial charge on any atom is -0.310 e. The van der Waals surface area contributed by atoms with Gasteiger partial charge in [-0.25, -0.2) is 13.2 Å². The van der Waals surface area contributed by atoms with Crippen LogP contribution in [-0.2, 0) is 6.42 Å². The van der Waals surface area contributed by atoms with Gasteiger partial charge in [0.2, 0.25) is 0 Å². The molecule has 0 amide bonds. The molecule has 0 radical (unpaired) electrons. The first kappa shape index (κ1) is 15.6. The Morgan fingerprint density at radius 2 is 1.71 bits per heavy atom. The average Bonchev–Trinajstić information content (AvgIpc) is 2.48. The van der Waals surface area contributed by atoms with Crippen LogP contribution in [0, 0.1) is 17.5 Å². The van der Waals surface area contributed by atoms with Crippen molar-refractivity contribution in [2.75, 3.05) is 6.54 Å². The first-order valence-electron chi connectivity index (χ1n) is 7.03. The summed E-state index contributed by atoms with van der Waals surface area (Å²) in [4.78, 5) is 0. The topological polar surface area (TPSA) is 12.0 Å². The van der Waals surface area contributed by atoms with Gasteiger partial charge in [0.25, 0.3) is 0 Å². The molecule has 0 saturated heterocycles. The fourth-order valence-electron chi connectivity index (χ4n) is 2.26. The number of benzene rings is 2. The normalized spacial score (nSPS) is 12.4. The van der Waals surface area contributed by atoms with Crippen molar-refractivity contribution < 1.29 is 13.2 Å². The largest absolute Gasteiger partial charge is 0.310 e. The molecule has 1 atom stereocenters. The lowest BCUT2D eigenvalue weighted by Gasteiger charge is -2.20. The maximum Gasteiger partial charge on any atom is 0.163 e. The van der Waals surface area contributed by atoms with Crippen LogP contribution in [0.25, 0.3) is 0 Å². The zero-order valence-electron chi connectivity index (χ0n) is 11.9. The first-order chi connectivity index (χ1) is 10.1. The van der Waals surface area contributed by atoms with Crippen LogP contribution in [0.4, 0.5) is 13.2 Å². The van der Waals surface area contributed by atoms with Crippen molar-refractivity contribution in [1.29, 1.82) is 0 Å². The predicted molar refractivity (Wildman–Crippen MR) is 77.5 cm³/mol. The van der Waals surface area contributed by atoms with E-state index in [-0.39, 0.29) is 11.9 Å². The van der Waals surface area contributed by atoms with Crippen LogP contribution in [0.2, 0.25) is 0 Å². The molecule has 0 aliphatic rings. The van der Waals surface area contributed by atoms with Crippen LogP contribution in [0.3, 0.4) is 0 Å². The van der Waals surface area contributed by atoms with Gasteiger partial charge in [0.15, 0.2) is 11.6 Å². The fourth-order valence-corrected chi connectivity index (χ4v) is 2.26. The SMILES string of the molecule is CCCNC(Cc1ccc(F)cc1)c1cccc(F)c1F. The summed E-state index contributed by atoms with van der Waals surface area (Å²) in [5, 5.41) is 3.22. The van der Waals surface area contributed by atoms with E-state index < -0.39 is 11.6 Å². The van der Waals surface area contributed by atoms with Gasteiger partial charge in [0.05, 0.1) is 0 Å². The molecule has 0 aliphatic carbocycles. The maximum absolute atomic E-state index is 14.0. The zero-order valence-corrected chi connectivity index (χ0v) is 11.9. The molecule has 1 unspecified atom stereocenters. The highest BCUT2D eigenvalue weighted by Crippen LogP contribution is 2.23. The summed E-state index contributed by atoms with van der Waals surface area (Å²) in [6.07, 6.45) is 1.36. The molecule has 1 N–H and O–H groups in total. The maximum atomic E-state index is 14.0. The van der Waals surface area contributed by atoms with Gasteiger partial charge in [0, 0.05) is 11.6 Å². The fraction of sp³-hybridized carbons (Fsp3) is 0.294. The third kappa shape index (κ3) is 4.08. The van der Waals surface area contributed by atoms with E-state index in [0.29, 0.717) is 18.5 Å². The van der Waals surface area contributed by atoms with Gasteiger partial charge in [-0.05, 0) is 43.1 Å². The lowest BCUT2D eigenvalue weighted by Crippen LogP contribution is -2.25. The monoisotopic (exact) mass is 293 g/mol. The number of hydrogen-bond donors (Lipinski definition) is 1. The third-order valence-electron chi connectivity index (χ3n) is 3.35. The summed E-state index contributed by atoms with van der Waals surface area (Å²) in [6.45, 7) is 2.70. The molecule has 0 saturated carbocycles. The lowest BCUT2D eigenvalue weighted by molar-refractivity contribution is 0.459. The van der Waals surface area contributed by atoms with Crippen molar-refractivity contribution in [1.82, 2.24) is 5.32 Å².